The highest BCUT2D eigenvalue weighted by Crippen LogP contribution is 2.21. The van der Waals surface area contributed by atoms with E-state index in [0.29, 0.717) is 23.2 Å². The van der Waals surface area contributed by atoms with Crippen molar-refractivity contribution in [2.24, 2.45) is 0 Å². The molecule has 1 amide bonds. The number of halogens is 1. The lowest BCUT2D eigenvalue weighted by atomic mass is 10.1. The molecule has 2 aromatic carbocycles. The molecular formula is C27H30ClN5O. The molecular weight excluding hydrogens is 446 g/mol. The fourth-order valence-corrected chi connectivity index (χ4v) is 4.86. The van der Waals surface area contributed by atoms with Crippen LogP contribution in [0.4, 0.5) is 0 Å². The van der Waals surface area contributed by atoms with Gasteiger partial charge in [-0.2, -0.15) is 5.26 Å². The molecule has 0 bridgehead atoms. The van der Waals surface area contributed by atoms with Gasteiger partial charge in [-0.15, -0.1) is 0 Å². The van der Waals surface area contributed by atoms with Gasteiger partial charge in [0.15, 0.2) is 0 Å². The summed E-state index contributed by atoms with van der Waals surface area (Å²) in [7, 11) is 0. The van der Waals surface area contributed by atoms with E-state index in [0.717, 1.165) is 56.6 Å². The maximum atomic E-state index is 12.4. The van der Waals surface area contributed by atoms with E-state index in [2.05, 4.69) is 20.5 Å². The summed E-state index contributed by atoms with van der Waals surface area (Å²) < 4.78 is 2.17. The van der Waals surface area contributed by atoms with Crippen LogP contribution < -0.4 is 0 Å². The molecule has 0 N–H and O–H groups in total. The van der Waals surface area contributed by atoms with Gasteiger partial charge < -0.3 is 9.47 Å². The third-order valence-electron chi connectivity index (χ3n) is 6.53. The smallest absolute Gasteiger partial charge is 0.219 e. The monoisotopic (exact) mass is 475 g/mol. The number of aromatic nitrogens is 2. The third kappa shape index (κ3) is 6.25. The van der Waals surface area contributed by atoms with Crippen molar-refractivity contribution in [1.82, 2.24) is 19.4 Å². The zero-order valence-corrected chi connectivity index (χ0v) is 20.3. The van der Waals surface area contributed by atoms with Gasteiger partial charge in [0.2, 0.25) is 5.91 Å². The number of hydrogen-bond donors (Lipinski definition) is 0. The number of nitrogens with zero attached hydrogens (tertiary/aromatic N) is 5. The maximum absolute atomic E-state index is 12.4. The third-order valence-corrected chi connectivity index (χ3v) is 6.76. The molecule has 0 unspecified atom stereocenters. The molecule has 1 fully saturated rings. The van der Waals surface area contributed by atoms with Crippen LogP contribution in [0.2, 0.25) is 5.02 Å². The van der Waals surface area contributed by atoms with Crippen molar-refractivity contribution >= 4 is 17.5 Å². The van der Waals surface area contributed by atoms with E-state index >= 15 is 0 Å². The Morgan fingerprint density at radius 2 is 2.06 bits per heavy atom. The second-order valence-electron chi connectivity index (χ2n) is 8.93. The van der Waals surface area contributed by atoms with Crippen molar-refractivity contribution in [1.29, 1.82) is 5.26 Å². The van der Waals surface area contributed by atoms with Crippen LogP contribution in [0.3, 0.4) is 0 Å². The lowest BCUT2D eigenvalue weighted by Crippen LogP contribution is -2.42. The molecule has 1 atom stereocenters. The molecule has 4 rings (SSSR count). The van der Waals surface area contributed by atoms with Crippen molar-refractivity contribution in [2.75, 3.05) is 19.6 Å². The number of carbonyl (C=O) groups is 1. The minimum Gasteiger partial charge on any atom is -0.337 e. The molecule has 1 aliphatic heterocycles. The summed E-state index contributed by atoms with van der Waals surface area (Å²) in [5.41, 5.74) is 4.07. The first kappa shape index (κ1) is 24.0. The highest BCUT2D eigenvalue weighted by Gasteiger charge is 2.27. The van der Waals surface area contributed by atoms with Gasteiger partial charge in [0.05, 0.1) is 18.0 Å². The normalized spacial score (nSPS) is 15.9. The van der Waals surface area contributed by atoms with Gasteiger partial charge in [-0.05, 0) is 54.8 Å². The molecule has 2 heterocycles. The average Bonchev–Trinajstić information content (AvgIpc) is 3.46. The van der Waals surface area contributed by atoms with Crippen molar-refractivity contribution in [3.63, 3.8) is 0 Å². The van der Waals surface area contributed by atoms with E-state index in [1.165, 1.54) is 5.69 Å². The molecule has 0 radical (unpaired) electrons. The number of benzene rings is 2. The number of nitriles is 1. The molecule has 1 aromatic heterocycles. The number of rotatable bonds is 9. The van der Waals surface area contributed by atoms with Crippen LogP contribution in [0.25, 0.3) is 0 Å². The molecule has 34 heavy (non-hydrogen) atoms. The predicted molar refractivity (Wildman–Crippen MR) is 133 cm³/mol. The van der Waals surface area contributed by atoms with Gasteiger partial charge in [-0.25, -0.2) is 4.98 Å². The number of carbonyl (C=O) groups excluding carboxylic acids is 1. The Hall–Kier alpha value is -3.14. The molecule has 0 spiro atoms. The second kappa shape index (κ2) is 11.3. The highest BCUT2D eigenvalue weighted by molar-refractivity contribution is 6.30. The first-order valence-corrected chi connectivity index (χ1v) is 12.1. The van der Waals surface area contributed by atoms with Crippen LogP contribution in [0.15, 0.2) is 61.1 Å². The van der Waals surface area contributed by atoms with E-state index in [4.69, 9.17) is 16.9 Å². The van der Waals surface area contributed by atoms with E-state index in [1.807, 2.05) is 66.0 Å². The summed E-state index contributed by atoms with van der Waals surface area (Å²) in [6.45, 7) is 5.68. The van der Waals surface area contributed by atoms with E-state index in [1.54, 1.807) is 6.92 Å². The van der Waals surface area contributed by atoms with Crippen molar-refractivity contribution in [3.8, 4) is 6.07 Å². The van der Waals surface area contributed by atoms with E-state index < -0.39 is 0 Å². The average molecular weight is 476 g/mol. The van der Waals surface area contributed by atoms with Crippen LogP contribution in [0, 0.1) is 11.3 Å². The van der Waals surface area contributed by atoms with Crippen LogP contribution in [-0.4, -0.2) is 50.9 Å². The predicted octanol–water partition coefficient (Wildman–Crippen LogP) is 4.51. The molecule has 0 saturated carbocycles. The Morgan fingerprint density at radius 3 is 2.79 bits per heavy atom. The van der Waals surface area contributed by atoms with Crippen LogP contribution >= 0.6 is 11.6 Å². The number of likely N-dealkylation sites (tertiary alicyclic amines) is 1. The SMILES string of the molecule is CC(=O)N(Cc1cccc(Cl)c1)C[C@@H]1CCCN1CCc1cncn1Cc1ccc(C#N)cc1. The first-order chi connectivity index (χ1) is 16.5. The number of amides is 1. The number of hydrogen-bond acceptors (Lipinski definition) is 4. The largest absolute Gasteiger partial charge is 0.337 e. The lowest BCUT2D eigenvalue weighted by molar-refractivity contribution is -0.130. The molecule has 7 heteroatoms. The zero-order chi connectivity index (χ0) is 23.9. The van der Waals surface area contributed by atoms with E-state index in [9.17, 15) is 4.79 Å². The molecule has 3 aromatic rings. The van der Waals surface area contributed by atoms with Gasteiger partial charge in [0, 0.05) is 62.5 Å². The summed E-state index contributed by atoms with van der Waals surface area (Å²) in [4.78, 5) is 21.2. The summed E-state index contributed by atoms with van der Waals surface area (Å²) in [6.07, 6.45) is 6.97. The van der Waals surface area contributed by atoms with Gasteiger partial charge in [-0.3, -0.25) is 9.69 Å². The Balaban J connectivity index is 1.35. The standard InChI is InChI=1S/C27H30ClN5O/c1-21(34)32(18-24-4-2-5-25(28)14-24)19-27-6-3-12-31(27)13-11-26-16-30-20-33(26)17-23-9-7-22(15-29)8-10-23/h2,4-5,7-10,14,16,20,27H,3,6,11-13,17-19H2,1H3/t27-/m0/s1. The Kier molecular flexibility index (Phi) is 7.99. The summed E-state index contributed by atoms with van der Waals surface area (Å²) >= 11 is 6.14. The second-order valence-corrected chi connectivity index (χ2v) is 9.37. The first-order valence-electron chi connectivity index (χ1n) is 11.7. The number of imidazole rings is 1. The summed E-state index contributed by atoms with van der Waals surface area (Å²) in [5.74, 6) is 0.0901. The summed E-state index contributed by atoms with van der Waals surface area (Å²) in [5, 5.41) is 9.69. The molecule has 6 nitrogen and oxygen atoms in total. The summed E-state index contributed by atoms with van der Waals surface area (Å²) in [6, 6.07) is 17.9. The minimum absolute atomic E-state index is 0.0901. The molecule has 1 saturated heterocycles. The van der Waals surface area contributed by atoms with Crippen molar-refractivity contribution < 1.29 is 4.79 Å². The highest BCUT2D eigenvalue weighted by atomic mass is 35.5. The van der Waals surface area contributed by atoms with E-state index in [-0.39, 0.29) is 5.91 Å². The van der Waals surface area contributed by atoms with Crippen LogP contribution in [-0.2, 0) is 24.3 Å². The fourth-order valence-electron chi connectivity index (χ4n) is 4.65. The molecule has 1 aliphatic rings. The quantitative estimate of drug-likeness (QED) is 0.456. The lowest BCUT2D eigenvalue weighted by Gasteiger charge is -2.30. The maximum Gasteiger partial charge on any atom is 0.219 e. The van der Waals surface area contributed by atoms with Crippen molar-refractivity contribution in [3.05, 3.63) is 88.5 Å². The fraction of sp³-hybridized carbons (Fsp3) is 0.370. The van der Waals surface area contributed by atoms with Crippen LogP contribution in [0.1, 0.15) is 42.1 Å². The zero-order valence-electron chi connectivity index (χ0n) is 19.5. The Morgan fingerprint density at radius 1 is 1.24 bits per heavy atom. The van der Waals surface area contributed by atoms with Gasteiger partial charge in [-0.1, -0.05) is 35.9 Å². The topological polar surface area (TPSA) is 65.2 Å². The minimum atomic E-state index is 0.0901. The van der Waals surface area contributed by atoms with Crippen molar-refractivity contribution in [2.45, 2.75) is 45.3 Å². The molecule has 0 aliphatic carbocycles. The Bertz CT molecular complexity index is 1150. The van der Waals surface area contributed by atoms with Gasteiger partial charge in [0.1, 0.15) is 0 Å². The Labute approximate surface area is 206 Å². The van der Waals surface area contributed by atoms with Gasteiger partial charge >= 0.3 is 0 Å². The molecule has 176 valence electrons. The van der Waals surface area contributed by atoms with Crippen LogP contribution in [0.5, 0.6) is 0 Å². The van der Waals surface area contributed by atoms with Gasteiger partial charge in [0.25, 0.3) is 0 Å².